The van der Waals surface area contributed by atoms with Crippen molar-refractivity contribution in [2.24, 2.45) is 0 Å². The number of fused-ring (bicyclic) bond motifs is 1. The lowest BCUT2D eigenvalue weighted by Gasteiger charge is -2.22. The van der Waals surface area contributed by atoms with Crippen LogP contribution in [0.5, 0.6) is 5.75 Å². The quantitative estimate of drug-likeness (QED) is 0.809. The van der Waals surface area contributed by atoms with Crippen molar-refractivity contribution in [3.63, 3.8) is 0 Å². The van der Waals surface area contributed by atoms with Gasteiger partial charge in [-0.1, -0.05) is 18.2 Å². The van der Waals surface area contributed by atoms with Gasteiger partial charge in [0.15, 0.2) is 0 Å². The number of hydrogen-bond acceptors (Lipinski definition) is 5. The van der Waals surface area contributed by atoms with Crippen LogP contribution in [0.3, 0.4) is 0 Å². The van der Waals surface area contributed by atoms with Gasteiger partial charge in [-0.05, 0) is 43.7 Å². The third-order valence-corrected chi connectivity index (χ3v) is 6.04. The normalized spacial score (nSPS) is 20.0. The van der Waals surface area contributed by atoms with E-state index < -0.39 is 0 Å². The summed E-state index contributed by atoms with van der Waals surface area (Å²) in [7, 11) is 1.66. The molecule has 1 N–H and O–H groups in total. The Morgan fingerprint density at radius 2 is 2.03 bits per heavy atom. The molecular formula is C22H30N4O3. The summed E-state index contributed by atoms with van der Waals surface area (Å²) in [6.07, 6.45) is 5.86. The third-order valence-electron chi connectivity index (χ3n) is 6.04. The van der Waals surface area contributed by atoms with E-state index in [2.05, 4.69) is 20.1 Å². The molecule has 1 aromatic carbocycles. The molecule has 0 saturated carbocycles. The van der Waals surface area contributed by atoms with E-state index in [0.29, 0.717) is 18.8 Å². The molecule has 0 aliphatic carbocycles. The largest absolute Gasteiger partial charge is 0.496 e. The number of methoxy groups -OCH3 is 1. The zero-order chi connectivity index (χ0) is 20.1. The molecule has 1 fully saturated rings. The molecule has 1 saturated heterocycles. The van der Waals surface area contributed by atoms with Gasteiger partial charge in [0.05, 0.1) is 7.11 Å². The molecule has 1 unspecified atom stereocenters. The lowest BCUT2D eigenvalue weighted by molar-refractivity contribution is -0.121. The predicted molar refractivity (Wildman–Crippen MR) is 109 cm³/mol. The minimum atomic E-state index is 0.100. The van der Waals surface area contributed by atoms with E-state index in [0.717, 1.165) is 74.8 Å². The Labute approximate surface area is 171 Å². The molecule has 1 aromatic heterocycles. The zero-order valence-electron chi connectivity index (χ0n) is 17.1. The molecule has 7 heteroatoms. The van der Waals surface area contributed by atoms with Crippen molar-refractivity contribution in [3.05, 3.63) is 41.5 Å². The molecule has 4 rings (SSSR count). The van der Waals surface area contributed by atoms with Crippen molar-refractivity contribution >= 4 is 5.91 Å². The van der Waals surface area contributed by atoms with Crippen molar-refractivity contribution in [2.45, 2.75) is 63.5 Å². The molecule has 2 aromatic rings. The molecule has 3 heterocycles. The summed E-state index contributed by atoms with van der Waals surface area (Å²) in [5, 5.41) is 12.2. The van der Waals surface area contributed by atoms with Crippen molar-refractivity contribution in [1.29, 1.82) is 0 Å². The van der Waals surface area contributed by atoms with Crippen molar-refractivity contribution in [3.8, 4) is 5.75 Å². The summed E-state index contributed by atoms with van der Waals surface area (Å²) in [5.41, 5.74) is 1.07. The molecule has 0 radical (unpaired) electrons. The lowest BCUT2D eigenvalue weighted by atomic mass is 9.99. The summed E-state index contributed by atoms with van der Waals surface area (Å²) in [4.78, 5) is 12.5. The number of hydrogen-bond donors (Lipinski definition) is 1. The smallest absolute Gasteiger partial charge is 0.220 e. The fourth-order valence-electron chi connectivity index (χ4n) is 4.37. The molecule has 0 spiro atoms. The van der Waals surface area contributed by atoms with Crippen molar-refractivity contribution < 1.29 is 14.3 Å². The van der Waals surface area contributed by atoms with Gasteiger partial charge in [0.2, 0.25) is 5.91 Å². The number of ether oxygens (including phenoxy) is 2. The van der Waals surface area contributed by atoms with Gasteiger partial charge in [0, 0.05) is 44.6 Å². The van der Waals surface area contributed by atoms with Crippen molar-refractivity contribution in [1.82, 2.24) is 20.1 Å². The number of rotatable bonds is 6. The maximum Gasteiger partial charge on any atom is 0.220 e. The van der Waals surface area contributed by atoms with Crippen LogP contribution in [0.25, 0.3) is 0 Å². The Morgan fingerprint density at radius 3 is 2.86 bits per heavy atom. The Morgan fingerprint density at radius 1 is 1.21 bits per heavy atom. The summed E-state index contributed by atoms with van der Waals surface area (Å²) in [6.45, 7) is 2.47. The SMILES string of the molecule is COc1ccccc1CCC(=O)NC1CCc2nnc(C3CCOCC3)n2CC1. The Kier molecular flexibility index (Phi) is 6.44. The van der Waals surface area contributed by atoms with Gasteiger partial charge in [-0.15, -0.1) is 10.2 Å². The van der Waals surface area contributed by atoms with Crippen LogP contribution in [0.4, 0.5) is 0 Å². The number of amides is 1. The van der Waals surface area contributed by atoms with Crippen LogP contribution in [0, 0.1) is 0 Å². The number of aromatic nitrogens is 3. The van der Waals surface area contributed by atoms with E-state index in [1.165, 1.54) is 0 Å². The minimum absolute atomic E-state index is 0.100. The third kappa shape index (κ3) is 4.78. The average Bonchev–Trinajstić information content (AvgIpc) is 3.07. The van der Waals surface area contributed by atoms with Crippen LogP contribution in [0.1, 0.15) is 55.2 Å². The molecule has 1 atom stereocenters. The van der Waals surface area contributed by atoms with Gasteiger partial charge in [-0.3, -0.25) is 4.79 Å². The van der Waals surface area contributed by atoms with Crippen LogP contribution in [-0.4, -0.2) is 47.0 Å². The highest BCUT2D eigenvalue weighted by molar-refractivity contribution is 5.76. The van der Waals surface area contributed by atoms with Gasteiger partial charge in [0.25, 0.3) is 0 Å². The Balaban J connectivity index is 1.31. The first-order valence-electron chi connectivity index (χ1n) is 10.7. The van der Waals surface area contributed by atoms with Gasteiger partial charge < -0.3 is 19.4 Å². The van der Waals surface area contributed by atoms with Crippen LogP contribution in [0.15, 0.2) is 24.3 Å². The number of carbonyl (C=O) groups is 1. The maximum absolute atomic E-state index is 12.5. The lowest BCUT2D eigenvalue weighted by Crippen LogP contribution is -2.35. The molecule has 1 amide bonds. The van der Waals surface area contributed by atoms with E-state index in [-0.39, 0.29) is 11.9 Å². The van der Waals surface area contributed by atoms with Crippen molar-refractivity contribution in [2.75, 3.05) is 20.3 Å². The fourth-order valence-corrected chi connectivity index (χ4v) is 4.37. The Hall–Kier alpha value is -2.41. The summed E-state index contributed by atoms with van der Waals surface area (Å²) < 4.78 is 13.1. The highest BCUT2D eigenvalue weighted by atomic mass is 16.5. The summed E-state index contributed by atoms with van der Waals surface area (Å²) in [6, 6.07) is 8.06. The van der Waals surface area contributed by atoms with E-state index in [9.17, 15) is 4.79 Å². The topological polar surface area (TPSA) is 78.3 Å². The number of nitrogens with zero attached hydrogens (tertiary/aromatic N) is 3. The van der Waals surface area contributed by atoms with Crippen LogP contribution < -0.4 is 10.1 Å². The summed E-state index contributed by atoms with van der Waals surface area (Å²) >= 11 is 0. The molecule has 2 aliphatic heterocycles. The van der Waals surface area contributed by atoms with Crippen LogP contribution >= 0.6 is 0 Å². The number of benzene rings is 1. The van der Waals surface area contributed by atoms with Crippen LogP contribution in [-0.2, 0) is 28.9 Å². The Bertz CT molecular complexity index is 829. The number of para-hydroxylation sites is 1. The van der Waals surface area contributed by atoms with E-state index in [1.807, 2.05) is 24.3 Å². The maximum atomic E-state index is 12.5. The zero-order valence-corrected chi connectivity index (χ0v) is 17.1. The number of aryl methyl sites for hydroxylation is 2. The molecular weight excluding hydrogens is 368 g/mol. The molecule has 29 heavy (non-hydrogen) atoms. The second-order valence-electron chi connectivity index (χ2n) is 7.92. The number of nitrogens with one attached hydrogen (secondary N) is 1. The highest BCUT2D eigenvalue weighted by Crippen LogP contribution is 2.28. The van der Waals surface area contributed by atoms with Gasteiger partial charge in [-0.25, -0.2) is 0 Å². The van der Waals surface area contributed by atoms with Gasteiger partial charge in [-0.2, -0.15) is 0 Å². The van der Waals surface area contributed by atoms with Gasteiger partial charge in [0.1, 0.15) is 17.4 Å². The first-order chi connectivity index (χ1) is 14.2. The van der Waals surface area contributed by atoms with Gasteiger partial charge >= 0.3 is 0 Å². The second-order valence-corrected chi connectivity index (χ2v) is 7.92. The van der Waals surface area contributed by atoms with E-state index in [4.69, 9.17) is 9.47 Å². The molecule has 156 valence electrons. The monoisotopic (exact) mass is 398 g/mol. The van der Waals surface area contributed by atoms with Crippen LogP contribution in [0.2, 0.25) is 0 Å². The first kappa shape index (κ1) is 19.9. The summed E-state index contributed by atoms with van der Waals surface area (Å²) in [5.74, 6) is 3.54. The standard InChI is InChI=1S/C22H30N4O3/c1-28-19-5-3-2-4-16(19)6-9-21(27)23-18-7-8-20-24-25-22(26(20)13-10-18)17-11-14-29-15-12-17/h2-5,17-18H,6-15H2,1H3,(H,23,27). The molecule has 0 bridgehead atoms. The minimum Gasteiger partial charge on any atom is -0.496 e. The highest BCUT2D eigenvalue weighted by Gasteiger charge is 2.26. The first-order valence-corrected chi connectivity index (χ1v) is 10.7. The average molecular weight is 399 g/mol. The van der Waals surface area contributed by atoms with E-state index >= 15 is 0 Å². The predicted octanol–water partition coefficient (Wildman–Crippen LogP) is 2.63. The molecule has 2 aliphatic rings. The second kappa shape index (κ2) is 9.39. The molecule has 7 nitrogen and oxygen atoms in total. The van der Waals surface area contributed by atoms with E-state index in [1.54, 1.807) is 7.11 Å². The number of carbonyl (C=O) groups excluding carboxylic acids is 1. The fraction of sp³-hybridized carbons (Fsp3) is 0.591.